The van der Waals surface area contributed by atoms with Crippen LogP contribution in [0.25, 0.3) is 10.9 Å². The highest BCUT2D eigenvalue weighted by Gasteiger charge is 2.48. The highest BCUT2D eigenvalue weighted by atomic mass is 16.5. The van der Waals surface area contributed by atoms with Crippen LogP contribution in [-0.4, -0.2) is 23.9 Å². The standard InChI is InChI=1S/C21H19N3O3/c1-27-15-8-3-7-14(11-15)23-20(25)16-12-17(16)21(26)24-18-9-2-5-13-6-4-10-22-19(13)18/h2-11,16-17H,12H2,1H3,(H,23,25)(H,24,26). The number of methoxy groups -OCH3 is 1. The monoisotopic (exact) mass is 361 g/mol. The molecule has 4 rings (SSSR count). The lowest BCUT2D eigenvalue weighted by molar-refractivity contribution is -0.122. The van der Waals surface area contributed by atoms with Gasteiger partial charge in [0, 0.05) is 23.3 Å². The first-order valence-electron chi connectivity index (χ1n) is 8.75. The lowest BCUT2D eigenvalue weighted by atomic mass is 10.2. The van der Waals surface area contributed by atoms with Gasteiger partial charge in [-0.3, -0.25) is 14.6 Å². The summed E-state index contributed by atoms with van der Waals surface area (Å²) in [5, 5.41) is 6.71. The second kappa shape index (κ2) is 7.07. The first-order valence-corrected chi connectivity index (χ1v) is 8.75. The molecule has 1 aromatic heterocycles. The number of rotatable bonds is 5. The van der Waals surface area contributed by atoms with Crippen molar-refractivity contribution < 1.29 is 14.3 Å². The van der Waals surface area contributed by atoms with Crippen LogP contribution in [0, 0.1) is 11.8 Å². The minimum absolute atomic E-state index is 0.153. The van der Waals surface area contributed by atoms with E-state index in [-0.39, 0.29) is 23.7 Å². The fourth-order valence-corrected chi connectivity index (χ4v) is 3.14. The molecule has 2 N–H and O–H groups in total. The smallest absolute Gasteiger partial charge is 0.228 e. The van der Waals surface area contributed by atoms with Crippen molar-refractivity contribution in [3.05, 3.63) is 60.8 Å². The molecule has 0 aliphatic heterocycles. The van der Waals surface area contributed by atoms with Crippen molar-refractivity contribution in [3.63, 3.8) is 0 Å². The van der Waals surface area contributed by atoms with Crippen molar-refractivity contribution in [1.29, 1.82) is 0 Å². The Morgan fingerprint density at radius 3 is 2.56 bits per heavy atom. The molecule has 136 valence electrons. The molecule has 1 aliphatic carbocycles. The Kier molecular flexibility index (Phi) is 4.46. The van der Waals surface area contributed by atoms with Gasteiger partial charge in [-0.25, -0.2) is 0 Å². The molecule has 1 saturated carbocycles. The normalized spacial score (nSPS) is 18.0. The molecular formula is C21H19N3O3. The SMILES string of the molecule is COc1cccc(NC(=O)C2CC2C(=O)Nc2cccc3cccnc23)c1. The van der Waals surface area contributed by atoms with E-state index in [1.54, 1.807) is 37.6 Å². The van der Waals surface area contributed by atoms with Gasteiger partial charge in [-0.15, -0.1) is 0 Å². The summed E-state index contributed by atoms with van der Waals surface area (Å²) in [6.07, 6.45) is 2.24. The third kappa shape index (κ3) is 3.60. The largest absolute Gasteiger partial charge is 0.497 e. The number of pyridine rings is 1. The third-order valence-corrected chi connectivity index (χ3v) is 4.69. The third-order valence-electron chi connectivity index (χ3n) is 4.69. The van der Waals surface area contributed by atoms with E-state index in [9.17, 15) is 9.59 Å². The van der Waals surface area contributed by atoms with Crippen molar-refractivity contribution in [2.24, 2.45) is 11.8 Å². The topological polar surface area (TPSA) is 80.3 Å². The van der Waals surface area contributed by atoms with Crippen molar-refractivity contribution in [2.45, 2.75) is 6.42 Å². The fourth-order valence-electron chi connectivity index (χ4n) is 3.14. The van der Waals surface area contributed by atoms with Gasteiger partial charge in [0.2, 0.25) is 11.8 Å². The van der Waals surface area contributed by atoms with Gasteiger partial charge < -0.3 is 15.4 Å². The molecule has 0 spiro atoms. The number of para-hydroxylation sites is 1. The van der Waals surface area contributed by atoms with Gasteiger partial charge in [-0.2, -0.15) is 0 Å². The molecule has 2 amide bonds. The minimum atomic E-state index is -0.324. The molecule has 2 aromatic carbocycles. The van der Waals surface area contributed by atoms with E-state index in [2.05, 4.69) is 15.6 Å². The maximum atomic E-state index is 12.5. The zero-order valence-corrected chi connectivity index (χ0v) is 14.8. The van der Waals surface area contributed by atoms with E-state index in [0.717, 1.165) is 10.9 Å². The summed E-state index contributed by atoms with van der Waals surface area (Å²) in [4.78, 5) is 29.3. The summed E-state index contributed by atoms with van der Waals surface area (Å²) < 4.78 is 5.15. The predicted octanol–water partition coefficient (Wildman–Crippen LogP) is 3.46. The lowest BCUT2D eigenvalue weighted by Gasteiger charge is -2.08. The number of carbonyl (C=O) groups is 2. The van der Waals surface area contributed by atoms with Crippen LogP contribution in [0.1, 0.15) is 6.42 Å². The number of hydrogen-bond acceptors (Lipinski definition) is 4. The molecule has 2 atom stereocenters. The highest BCUT2D eigenvalue weighted by Crippen LogP contribution is 2.40. The van der Waals surface area contributed by atoms with Crippen molar-refractivity contribution in [1.82, 2.24) is 4.98 Å². The van der Waals surface area contributed by atoms with E-state index < -0.39 is 0 Å². The number of nitrogens with one attached hydrogen (secondary N) is 2. The van der Waals surface area contributed by atoms with E-state index in [4.69, 9.17) is 4.74 Å². The van der Waals surface area contributed by atoms with E-state index in [1.165, 1.54) is 0 Å². The Morgan fingerprint density at radius 2 is 1.74 bits per heavy atom. The first-order chi connectivity index (χ1) is 13.2. The van der Waals surface area contributed by atoms with Crippen LogP contribution in [0.2, 0.25) is 0 Å². The van der Waals surface area contributed by atoms with Gasteiger partial charge in [-0.1, -0.05) is 24.3 Å². The summed E-state index contributed by atoms with van der Waals surface area (Å²) in [7, 11) is 1.57. The maximum Gasteiger partial charge on any atom is 0.228 e. The van der Waals surface area contributed by atoms with Gasteiger partial charge in [0.15, 0.2) is 0 Å². The molecular weight excluding hydrogens is 342 g/mol. The Bertz CT molecular complexity index is 1010. The molecule has 1 aliphatic rings. The summed E-state index contributed by atoms with van der Waals surface area (Å²) in [5.74, 6) is -0.284. The Balaban J connectivity index is 1.40. The quantitative estimate of drug-likeness (QED) is 0.729. The number of carbonyl (C=O) groups excluding carboxylic acids is 2. The van der Waals surface area contributed by atoms with Crippen LogP contribution in [0.5, 0.6) is 5.75 Å². The number of hydrogen-bond donors (Lipinski definition) is 2. The van der Waals surface area contributed by atoms with E-state index >= 15 is 0 Å². The summed E-state index contributed by atoms with van der Waals surface area (Å²) in [6, 6.07) is 16.6. The Hall–Kier alpha value is -3.41. The molecule has 0 saturated heterocycles. The molecule has 1 heterocycles. The van der Waals surface area contributed by atoms with Crippen LogP contribution in [0.4, 0.5) is 11.4 Å². The summed E-state index contributed by atoms with van der Waals surface area (Å²) in [6.45, 7) is 0. The van der Waals surface area contributed by atoms with E-state index in [1.807, 2.05) is 30.3 Å². The minimum Gasteiger partial charge on any atom is -0.497 e. The van der Waals surface area contributed by atoms with Gasteiger partial charge in [0.25, 0.3) is 0 Å². The van der Waals surface area contributed by atoms with Crippen molar-refractivity contribution in [2.75, 3.05) is 17.7 Å². The van der Waals surface area contributed by atoms with Gasteiger partial charge in [0.1, 0.15) is 5.75 Å². The molecule has 2 unspecified atom stereocenters. The number of nitrogens with zero attached hydrogens (tertiary/aromatic N) is 1. The highest BCUT2D eigenvalue weighted by molar-refractivity contribution is 6.06. The molecule has 6 heteroatoms. The molecule has 0 bridgehead atoms. The number of amides is 2. The van der Waals surface area contributed by atoms with Crippen molar-refractivity contribution >= 4 is 34.1 Å². The average molecular weight is 361 g/mol. The van der Waals surface area contributed by atoms with Crippen LogP contribution in [0.3, 0.4) is 0 Å². The number of aromatic nitrogens is 1. The van der Waals surface area contributed by atoms with Gasteiger partial charge >= 0.3 is 0 Å². The molecule has 27 heavy (non-hydrogen) atoms. The average Bonchev–Trinajstić information content (AvgIpc) is 3.50. The van der Waals surface area contributed by atoms with Gasteiger partial charge in [0.05, 0.1) is 30.1 Å². The first kappa shape index (κ1) is 17.0. The van der Waals surface area contributed by atoms with E-state index in [0.29, 0.717) is 23.5 Å². The second-order valence-electron chi connectivity index (χ2n) is 6.54. The lowest BCUT2D eigenvalue weighted by Crippen LogP contribution is -2.20. The molecule has 0 radical (unpaired) electrons. The number of fused-ring (bicyclic) bond motifs is 1. The van der Waals surface area contributed by atoms with Crippen LogP contribution >= 0.6 is 0 Å². The predicted molar refractivity (Wildman–Crippen MR) is 104 cm³/mol. The van der Waals surface area contributed by atoms with Crippen LogP contribution in [-0.2, 0) is 9.59 Å². The number of anilines is 2. The number of benzene rings is 2. The zero-order chi connectivity index (χ0) is 18.8. The Labute approximate surface area is 156 Å². The molecule has 6 nitrogen and oxygen atoms in total. The Morgan fingerprint density at radius 1 is 1.00 bits per heavy atom. The van der Waals surface area contributed by atoms with Gasteiger partial charge in [-0.05, 0) is 30.7 Å². The number of ether oxygens (including phenoxy) is 1. The fraction of sp³-hybridized carbons (Fsp3) is 0.190. The van der Waals surface area contributed by atoms with Crippen LogP contribution < -0.4 is 15.4 Å². The maximum absolute atomic E-state index is 12.5. The molecule has 3 aromatic rings. The molecule has 1 fully saturated rings. The summed E-state index contributed by atoms with van der Waals surface area (Å²) >= 11 is 0. The zero-order valence-electron chi connectivity index (χ0n) is 14.8. The second-order valence-corrected chi connectivity index (χ2v) is 6.54. The summed E-state index contributed by atoms with van der Waals surface area (Å²) in [5.41, 5.74) is 2.06. The van der Waals surface area contributed by atoms with Crippen LogP contribution in [0.15, 0.2) is 60.8 Å². The van der Waals surface area contributed by atoms with Crippen molar-refractivity contribution in [3.8, 4) is 5.75 Å².